The lowest BCUT2D eigenvalue weighted by Crippen LogP contribution is -2.06. The van der Waals surface area contributed by atoms with Crippen LogP contribution < -0.4 is 0 Å². The summed E-state index contributed by atoms with van der Waals surface area (Å²) in [6, 6.07) is 54.3. The lowest BCUT2D eigenvalue weighted by molar-refractivity contribution is 0.669. The standard InChI is InChI=1S/C51H25N5O/c1-2-9-27-24-29(17-16-26(27)8-1)49-52-50(37-25-28-10-3-4-11-30(28)31-12-5-6-13-32(31)37)54-51(53-49)55-38-21-23-40-44-42(38)43-39(55)20-18-35-33-14-7-15-34-36-19-22-41(57-40)45(44)48(36)56(46(33)34)47(35)43/h1-25H. The van der Waals surface area contributed by atoms with Crippen molar-refractivity contribution >= 4 is 114 Å². The van der Waals surface area contributed by atoms with Crippen molar-refractivity contribution in [2.45, 2.75) is 0 Å². The molecule has 9 aromatic carbocycles. The summed E-state index contributed by atoms with van der Waals surface area (Å²) in [7, 11) is 0. The molecule has 6 aromatic heterocycles. The molecular formula is C51H25N5O. The quantitative estimate of drug-likeness (QED) is 0.170. The lowest BCUT2D eigenvalue weighted by Gasteiger charge is -2.14. The van der Waals surface area contributed by atoms with Gasteiger partial charge in [0.15, 0.2) is 11.6 Å². The van der Waals surface area contributed by atoms with Crippen molar-refractivity contribution in [1.29, 1.82) is 0 Å². The highest BCUT2D eigenvalue weighted by Gasteiger charge is 2.30. The molecule has 0 fully saturated rings. The van der Waals surface area contributed by atoms with E-state index in [2.05, 4.69) is 161 Å². The van der Waals surface area contributed by atoms with Gasteiger partial charge in [-0.25, -0.2) is 4.98 Å². The van der Waals surface area contributed by atoms with E-state index in [0.717, 1.165) is 60.3 Å². The number of fused-ring (bicyclic) bond motifs is 6. The Kier molecular flexibility index (Phi) is 4.86. The van der Waals surface area contributed by atoms with Gasteiger partial charge in [-0.3, -0.25) is 4.57 Å². The zero-order valence-corrected chi connectivity index (χ0v) is 30.1. The number of nitrogens with zero attached hydrogens (tertiary/aromatic N) is 5. The monoisotopic (exact) mass is 723 g/mol. The van der Waals surface area contributed by atoms with Crippen molar-refractivity contribution in [1.82, 2.24) is 23.9 Å². The van der Waals surface area contributed by atoms with Crippen LogP contribution >= 0.6 is 0 Å². The first-order chi connectivity index (χ1) is 28.3. The van der Waals surface area contributed by atoms with Gasteiger partial charge in [-0.1, -0.05) is 109 Å². The Morgan fingerprint density at radius 2 is 1.02 bits per heavy atom. The summed E-state index contributed by atoms with van der Waals surface area (Å²) in [5, 5.41) is 16.6. The zero-order valence-electron chi connectivity index (χ0n) is 30.1. The molecule has 15 rings (SSSR count). The van der Waals surface area contributed by atoms with Gasteiger partial charge in [-0.15, -0.1) is 0 Å². The number of hydrogen-bond donors (Lipinski definition) is 0. The van der Waals surface area contributed by atoms with E-state index in [1.807, 2.05) is 0 Å². The molecule has 0 radical (unpaired) electrons. The normalized spacial score (nSPS) is 12.9. The van der Waals surface area contributed by atoms with Crippen LogP contribution in [0.4, 0.5) is 0 Å². The second-order valence-corrected chi connectivity index (χ2v) is 15.5. The van der Waals surface area contributed by atoms with Gasteiger partial charge in [0.05, 0.1) is 33.0 Å². The molecule has 0 aliphatic carbocycles. The zero-order chi connectivity index (χ0) is 36.7. The van der Waals surface area contributed by atoms with Crippen molar-refractivity contribution in [3.8, 4) is 28.7 Å². The number of para-hydroxylation sites is 1. The molecule has 0 saturated heterocycles. The molecule has 0 spiro atoms. The predicted molar refractivity (Wildman–Crippen MR) is 233 cm³/mol. The first-order valence-electron chi connectivity index (χ1n) is 19.4. The Balaban J connectivity index is 1.12. The van der Waals surface area contributed by atoms with E-state index in [1.165, 1.54) is 65.0 Å². The molecule has 0 N–H and O–H groups in total. The first kappa shape index (κ1) is 28.6. The van der Waals surface area contributed by atoms with Crippen molar-refractivity contribution < 1.29 is 4.42 Å². The van der Waals surface area contributed by atoms with Gasteiger partial charge in [0.2, 0.25) is 5.95 Å². The third kappa shape index (κ3) is 3.35. The van der Waals surface area contributed by atoms with Crippen LogP contribution in [0.2, 0.25) is 0 Å². The number of benzene rings is 9. The molecule has 0 aliphatic rings. The maximum Gasteiger partial charge on any atom is 0.238 e. The van der Waals surface area contributed by atoms with Gasteiger partial charge in [0, 0.05) is 48.8 Å². The maximum atomic E-state index is 6.67. The lowest BCUT2D eigenvalue weighted by atomic mass is 9.97. The van der Waals surface area contributed by atoms with Gasteiger partial charge < -0.3 is 8.82 Å². The van der Waals surface area contributed by atoms with Crippen molar-refractivity contribution in [2.24, 2.45) is 0 Å². The third-order valence-corrected chi connectivity index (χ3v) is 12.8. The Bertz CT molecular complexity index is 4170. The van der Waals surface area contributed by atoms with Crippen molar-refractivity contribution in [2.75, 3.05) is 0 Å². The minimum atomic E-state index is 0.576. The first-order valence-corrected chi connectivity index (χ1v) is 19.4. The molecule has 0 aliphatic heterocycles. The molecule has 6 heteroatoms. The number of rotatable bonds is 3. The Morgan fingerprint density at radius 1 is 0.386 bits per heavy atom. The summed E-state index contributed by atoms with van der Waals surface area (Å²) in [5.74, 6) is 1.83. The second-order valence-electron chi connectivity index (χ2n) is 15.5. The van der Waals surface area contributed by atoms with Crippen LogP contribution in [0.15, 0.2) is 156 Å². The number of hydrogen-bond acceptors (Lipinski definition) is 4. The highest BCUT2D eigenvalue weighted by Crippen LogP contribution is 2.52. The fourth-order valence-corrected chi connectivity index (χ4v) is 10.5. The number of furan rings is 1. The van der Waals surface area contributed by atoms with E-state index in [0.29, 0.717) is 17.6 Å². The molecule has 6 nitrogen and oxygen atoms in total. The molecule has 15 aromatic rings. The molecule has 0 unspecified atom stereocenters. The van der Waals surface area contributed by atoms with Gasteiger partial charge in [0.1, 0.15) is 11.2 Å². The Hall–Kier alpha value is -7.83. The summed E-state index contributed by atoms with van der Waals surface area (Å²) in [6.07, 6.45) is 0. The van der Waals surface area contributed by atoms with E-state index in [1.54, 1.807) is 0 Å². The fourth-order valence-electron chi connectivity index (χ4n) is 10.5. The molecule has 0 atom stereocenters. The summed E-state index contributed by atoms with van der Waals surface area (Å²) in [4.78, 5) is 16.2. The summed E-state index contributed by atoms with van der Waals surface area (Å²) in [5.41, 5.74) is 9.48. The molecule has 6 heterocycles. The van der Waals surface area contributed by atoms with E-state index >= 15 is 0 Å². The molecular weight excluding hydrogens is 699 g/mol. The van der Waals surface area contributed by atoms with Crippen molar-refractivity contribution in [3.05, 3.63) is 152 Å². The number of aromatic nitrogens is 5. The summed E-state index contributed by atoms with van der Waals surface area (Å²) >= 11 is 0. The fraction of sp³-hybridized carbons (Fsp3) is 0. The minimum absolute atomic E-state index is 0.576. The van der Waals surface area contributed by atoms with Crippen LogP contribution in [-0.4, -0.2) is 23.9 Å². The van der Waals surface area contributed by atoms with Crippen molar-refractivity contribution in [3.63, 3.8) is 0 Å². The van der Waals surface area contributed by atoms with Gasteiger partial charge in [-0.05, 0) is 74.8 Å². The predicted octanol–water partition coefficient (Wildman–Crippen LogP) is 13.1. The van der Waals surface area contributed by atoms with Crippen LogP contribution in [-0.2, 0) is 0 Å². The smallest absolute Gasteiger partial charge is 0.238 e. The van der Waals surface area contributed by atoms with Gasteiger partial charge in [0.25, 0.3) is 0 Å². The van der Waals surface area contributed by atoms with Crippen LogP contribution in [0.5, 0.6) is 0 Å². The van der Waals surface area contributed by atoms with E-state index < -0.39 is 0 Å². The van der Waals surface area contributed by atoms with Crippen LogP contribution in [0.3, 0.4) is 0 Å². The van der Waals surface area contributed by atoms with Crippen LogP contribution in [0.25, 0.3) is 143 Å². The second kappa shape index (κ2) is 9.69. The van der Waals surface area contributed by atoms with E-state index in [-0.39, 0.29) is 0 Å². The van der Waals surface area contributed by atoms with Gasteiger partial charge in [-0.2, -0.15) is 9.97 Å². The molecule has 260 valence electrons. The topological polar surface area (TPSA) is 61.2 Å². The SMILES string of the molecule is c1ccc2cc(-c3nc(-c4cc5ccccc5c5ccccc45)nc(-n4c5ccc6oc7ccc8c9cccc%10c%11ccc4c4c5c6c7c8n(c9%10)c%114)n3)ccc2c1. The summed E-state index contributed by atoms with van der Waals surface area (Å²) < 4.78 is 11.4. The molecule has 0 bridgehead atoms. The minimum Gasteiger partial charge on any atom is -0.456 e. The van der Waals surface area contributed by atoms with E-state index in [4.69, 9.17) is 19.4 Å². The molecule has 57 heavy (non-hydrogen) atoms. The largest absolute Gasteiger partial charge is 0.456 e. The highest BCUT2D eigenvalue weighted by atomic mass is 16.3. The van der Waals surface area contributed by atoms with E-state index in [9.17, 15) is 0 Å². The maximum absolute atomic E-state index is 6.67. The third-order valence-electron chi connectivity index (χ3n) is 12.8. The summed E-state index contributed by atoms with van der Waals surface area (Å²) in [6.45, 7) is 0. The average molecular weight is 724 g/mol. The Morgan fingerprint density at radius 3 is 1.89 bits per heavy atom. The molecule has 0 amide bonds. The molecule has 0 saturated carbocycles. The average Bonchev–Trinajstić information content (AvgIpc) is 3.98. The van der Waals surface area contributed by atoms with Gasteiger partial charge >= 0.3 is 0 Å². The Labute approximate surface area is 321 Å². The highest BCUT2D eigenvalue weighted by molar-refractivity contribution is 6.41. The van der Waals surface area contributed by atoms with Crippen LogP contribution in [0, 0.1) is 0 Å². The van der Waals surface area contributed by atoms with Crippen LogP contribution in [0.1, 0.15) is 0 Å².